The quantitative estimate of drug-likeness (QED) is 0.190. The number of anilines is 3. The Morgan fingerprint density at radius 2 is 1.00 bits per heavy atom. The van der Waals surface area contributed by atoms with Crippen LogP contribution in [0.3, 0.4) is 0 Å². The van der Waals surface area contributed by atoms with Crippen molar-refractivity contribution in [2.24, 2.45) is 0 Å². The van der Waals surface area contributed by atoms with Crippen LogP contribution in [0.5, 0.6) is 0 Å². The summed E-state index contributed by atoms with van der Waals surface area (Å²) in [4.78, 5) is 2.38. The topological polar surface area (TPSA) is 16.4 Å². The van der Waals surface area contributed by atoms with Crippen LogP contribution in [-0.2, 0) is 10.8 Å². The van der Waals surface area contributed by atoms with Crippen LogP contribution in [0, 0.1) is 0 Å². The van der Waals surface area contributed by atoms with Crippen LogP contribution < -0.4 is 4.90 Å². The Morgan fingerprint density at radius 3 is 1.72 bits per heavy atom. The summed E-state index contributed by atoms with van der Waals surface area (Å²) >= 11 is 0. The summed E-state index contributed by atoms with van der Waals surface area (Å²) in [5, 5.41) is 2.28. The minimum absolute atomic E-state index is 0.0940. The highest BCUT2D eigenvalue weighted by Crippen LogP contribution is 2.53. The maximum absolute atomic E-state index is 6.96. The predicted octanol–water partition coefficient (Wildman–Crippen LogP) is 13.3. The molecule has 2 nitrogen and oxygen atoms in total. The summed E-state index contributed by atoms with van der Waals surface area (Å²) in [6.07, 6.45) is 0. The number of fused-ring (bicyclic) bond motifs is 9. The van der Waals surface area contributed by atoms with E-state index >= 15 is 0 Å². The summed E-state index contributed by atoms with van der Waals surface area (Å²) in [7, 11) is 0. The summed E-state index contributed by atoms with van der Waals surface area (Å²) in [6.45, 7) is 9.34. The van der Waals surface area contributed by atoms with Crippen LogP contribution >= 0.6 is 0 Å². The third-order valence-corrected chi connectivity index (χ3v) is 11.5. The Kier molecular flexibility index (Phi) is 6.01. The maximum Gasteiger partial charge on any atom is 0.159 e. The first kappa shape index (κ1) is 29.1. The van der Waals surface area contributed by atoms with Crippen molar-refractivity contribution in [3.8, 4) is 33.4 Å². The first-order valence-electron chi connectivity index (χ1n) is 17.6. The van der Waals surface area contributed by atoms with Crippen molar-refractivity contribution in [1.82, 2.24) is 0 Å². The minimum Gasteiger partial charge on any atom is -0.454 e. The molecule has 0 atom stereocenters. The van der Waals surface area contributed by atoms with Gasteiger partial charge in [-0.05, 0) is 98.1 Å². The second-order valence-corrected chi connectivity index (χ2v) is 15.0. The summed E-state index contributed by atoms with van der Waals surface area (Å²) < 4.78 is 6.96. The number of benzene rings is 7. The predicted molar refractivity (Wildman–Crippen MR) is 209 cm³/mol. The minimum atomic E-state index is -0.111. The molecule has 240 valence electrons. The van der Waals surface area contributed by atoms with Gasteiger partial charge >= 0.3 is 0 Å². The van der Waals surface area contributed by atoms with Crippen molar-refractivity contribution in [2.45, 2.75) is 38.5 Å². The zero-order chi connectivity index (χ0) is 33.8. The number of rotatable bonds is 4. The molecule has 0 amide bonds. The summed E-state index contributed by atoms with van der Waals surface area (Å²) in [5.74, 6) is 0. The van der Waals surface area contributed by atoms with Gasteiger partial charge in [-0.25, -0.2) is 0 Å². The Morgan fingerprint density at radius 1 is 0.420 bits per heavy atom. The van der Waals surface area contributed by atoms with E-state index in [2.05, 4.69) is 184 Å². The van der Waals surface area contributed by atoms with Crippen LogP contribution in [0.4, 0.5) is 17.1 Å². The molecular weight excluding hydrogens is 607 g/mol. The van der Waals surface area contributed by atoms with E-state index in [-0.39, 0.29) is 10.8 Å². The summed E-state index contributed by atoms with van der Waals surface area (Å²) in [6, 6.07) is 55.4. The second-order valence-electron chi connectivity index (χ2n) is 15.0. The molecule has 50 heavy (non-hydrogen) atoms. The van der Waals surface area contributed by atoms with Crippen LogP contribution in [-0.4, -0.2) is 0 Å². The van der Waals surface area contributed by atoms with E-state index in [1.165, 1.54) is 55.6 Å². The Balaban J connectivity index is 1.19. The fourth-order valence-electron chi connectivity index (χ4n) is 8.85. The van der Waals surface area contributed by atoms with E-state index in [0.717, 1.165) is 39.0 Å². The molecule has 2 aliphatic carbocycles. The van der Waals surface area contributed by atoms with Gasteiger partial charge in [0.05, 0.1) is 5.69 Å². The Hall–Kier alpha value is -5.86. The molecule has 2 aliphatic rings. The van der Waals surface area contributed by atoms with Crippen molar-refractivity contribution >= 4 is 39.0 Å². The van der Waals surface area contributed by atoms with Gasteiger partial charge in [-0.2, -0.15) is 0 Å². The van der Waals surface area contributed by atoms with Gasteiger partial charge in [0.25, 0.3) is 0 Å². The van der Waals surface area contributed by atoms with Crippen molar-refractivity contribution in [3.63, 3.8) is 0 Å². The highest BCUT2D eigenvalue weighted by Gasteiger charge is 2.37. The molecule has 1 heterocycles. The van der Waals surface area contributed by atoms with E-state index in [9.17, 15) is 0 Å². The molecule has 8 aromatic rings. The van der Waals surface area contributed by atoms with Gasteiger partial charge in [0, 0.05) is 33.0 Å². The molecule has 0 fully saturated rings. The molecule has 0 saturated heterocycles. The molecule has 0 aliphatic heterocycles. The fraction of sp³-hybridized carbons (Fsp3) is 0.125. The highest BCUT2D eigenvalue weighted by molar-refractivity contribution is 6.12. The number of para-hydroxylation sites is 1. The first-order valence-corrected chi connectivity index (χ1v) is 17.6. The van der Waals surface area contributed by atoms with Gasteiger partial charge in [-0.3, -0.25) is 0 Å². The zero-order valence-electron chi connectivity index (χ0n) is 28.8. The molecule has 1 aromatic heterocycles. The Bertz CT molecular complexity index is 2640. The largest absolute Gasteiger partial charge is 0.454 e. The standard InChI is InChI=1S/C48H37NO/c1-47(2)40-18-10-8-15-34(40)36-26-25-33(27-42(36)47)49(32-23-21-31(22-24-32)30-13-6-5-7-14-30)44-20-12-17-37-39-28-38-35-16-9-11-19-41(35)48(3,4)43(38)29-45(39)50-46(37)44/h5-29H,1-4H3. The fourth-order valence-corrected chi connectivity index (χ4v) is 8.85. The van der Waals surface area contributed by atoms with Gasteiger partial charge in [-0.1, -0.05) is 137 Å². The third kappa shape index (κ3) is 4.02. The molecule has 7 aromatic carbocycles. The number of nitrogens with zero attached hydrogens (tertiary/aromatic N) is 1. The van der Waals surface area contributed by atoms with Crippen LogP contribution in [0.1, 0.15) is 49.9 Å². The van der Waals surface area contributed by atoms with E-state index in [0.29, 0.717) is 0 Å². The number of furan rings is 1. The second kappa shape index (κ2) is 10.3. The van der Waals surface area contributed by atoms with Gasteiger partial charge in [0.2, 0.25) is 0 Å². The number of hydrogen-bond acceptors (Lipinski definition) is 2. The lowest BCUT2D eigenvalue weighted by atomic mass is 9.82. The van der Waals surface area contributed by atoms with E-state index in [4.69, 9.17) is 4.42 Å². The third-order valence-electron chi connectivity index (χ3n) is 11.5. The average molecular weight is 644 g/mol. The molecule has 0 saturated carbocycles. The summed E-state index contributed by atoms with van der Waals surface area (Å²) in [5.41, 5.74) is 17.9. The van der Waals surface area contributed by atoms with Crippen molar-refractivity contribution < 1.29 is 4.42 Å². The zero-order valence-corrected chi connectivity index (χ0v) is 28.8. The van der Waals surface area contributed by atoms with Crippen molar-refractivity contribution in [2.75, 3.05) is 4.90 Å². The molecular formula is C48H37NO. The van der Waals surface area contributed by atoms with Gasteiger partial charge in [-0.15, -0.1) is 0 Å². The monoisotopic (exact) mass is 643 g/mol. The van der Waals surface area contributed by atoms with Crippen LogP contribution in [0.15, 0.2) is 156 Å². The maximum atomic E-state index is 6.96. The van der Waals surface area contributed by atoms with Crippen LogP contribution in [0.2, 0.25) is 0 Å². The molecule has 0 spiro atoms. The lowest BCUT2D eigenvalue weighted by Crippen LogP contribution is -2.16. The first-order chi connectivity index (χ1) is 24.3. The van der Waals surface area contributed by atoms with Gasteiger partial charge < -0.3 is 9.32 Å². The number of hydrogen-bond donors (Lipinski definition) is 0. The van der Waals surface area contributed by atoms with E-state index in [1.807, 2.05) is 0 Å². The van der Waals surface area contributed by atoms with Gasteiger partial charge in [0.1, 0.15) is 5.58 Å². The molecule has 0 radical (unpaired) electrons. The molecule has 0 unspecified atom stereocenters. The molecule has 10 rings (SSSR count). The lowest BCUT2D eigenvalue weighted by molar-refractivity contribution is 0.647. The molecule has 2 heteroatoms. The molecule has 0 N–H and O–H groups in total. The van der Waals surface area contributed by atoms with E-state index < -0.39 is 0 Å². The molecule has 0 bridgehead atoms. The lowest BCUT2D eigenvalue weighted by Gasteiger charge is -2.28. The van der Waals surface area contributed by atoms with Crippen molar-refractivity contribution in [1.29, 1.82) is 0 Å². The normalized spacial score (nSPS) is 14.7. The smallest absolute Gasteiger partial charge is 0.159 e. The average Bonchev–Trinajstić information content (AvgIpc) is 3.71. The van der Waals surface area contributed by atoms with Crippen LogP contribution in [0.25, 0.3) is 55.3 Å². The van der Waals surface area contributed by atoms with Crippen molar-refractivity contribution in [3.05, 3.63) is 174 Å². The Labute approximate surface area is 293 Å². The van der Waals surface area contributed by atoms with E-state index in [1.54, 1.807) is 0 Å². The highest BCUT2D eigenvalue weighted by atomic mass is 16.3. The van der Waals surface area contributed by atoms with Gasteiger partial charge in [0.15, 0.2) is 5.58 Å². The SMILES string of the molecule is CC1(C)c2ccccc2-c2ccc(N(c3ccc(-c4ccccc4)cc3)c3cccc4c3oc3cc5c(cc34)-c3ccccc3C5(C)C)cc21.